The first-order chi connectivity index (χ1) is 15.8. The molecule has 2 aromatic carbocycles. The van der Waals surface area contributed by atoms with Crippen LogP contribution in [0.15, 0.2) is 69.0 Å². The van der Waals surface area contributed by atoms with Crippen LogP contribution in [0.4, 0.5) is 0 Å². The fraction of sp³-hybridized carbons (Fsp3) is 0.346. The minimum atomic E-state index is 0.00203. The van der Waals surface area contributed by atoms with Crippen LogP contribution in [0.3, 0.4) is 0 Å². The monoisotopic (exact) mass is 527 g/mol. The van der Waals surface area contributed by atoms with Crippen molar-refractivity contribution in [3.8, 4) is 0 Å². The first-order valence-corrected chi connectivity index (χ1v) is 12.9. The van der Waals surface area contributed by atoms with Gasteiger partial charge < -0.3 is 5.32 Å². The van der Waals surface area contributed by atoms with Gasteiger partial charge in [0.25, 0.3) is 5.56 Å². The summed E-state index contributed by atoms with van der Waals surface area (Å²) in [5.74, 6) is 0.878. The molecule has 0 aliphatic heterocycles. The molecule has 0 radical (unpaired) electrons. The van der Waals surface area contributed by atoms with Crippen LogP contribution in [0.1, 0.15) is 54.6 Å². The number of unbranched alkanes of at least 4 members (excludes halogenated alkanes) is 1. The molecule has 33 heavy (non-hydrogen) atoms. The number of carbonyl (C=O) groups is 1. The van der Waals surface area contributed by atoms with Crippen LogP contribution in [-0.2, 0) is 18.3 Å². The molecule has 3 aromatic rings. The van der Waals surface area contributed by atoms with E-state index in [0.717, 1.165) is 50.6 Å². The largest absolute Gasteiger partial charge is 0.350 e. The SMILES string of the molecule is Cc1nc(SCCCCC(=O)NC(C)c2ccccc2)n(C)c(=O)c1Cc1ccc(Br)cc1. The van der Waals surface area contributed by atoms with Crippen molar-refractivity contribution in [3.05, 3.63) is 91.8 Å². The van der Waals surface area contributed by atoms with Crippen molar-refractivity contribution in [1.29, 1.82) is 0 Å². The van der Waals surface area contributed by atoms with Gasteiger partial charge in [-0.15, -0.1) is 0 Å². The van der Waals surface area contributed by atoms with Gasteiger partial charge in [0.1, 0.15) is 0 Å². The summed E-state index contributed by atoms with van der Waals surface area (Å²) < 4.78 is 2.66. The Hall–Kier alpha value is -2.38. The molecule has 1 N–H and O–H groups in total. The lowest BCUT2D eigenvalue weighted by Crippen LogP contribution is -2.26. The lowest BCUT2D eigenvalue weighted by Gasteiger charge is -2.14. The van der Waals surface area contributed by atoms with Gasteiger partial charge in [-0.3, -0.25) is 14.2 Å². The number of hydrogen-bond donors (Lipinski definition) is 1. The zero-order valence-corrected chi connectivity index (χ0v) is 21.7. The maximum atomic E-state index is 12.9. The number of rotatable bonds is 10. The molecular formula is C26H30BrN3O2S. The minimum Gasteiger partial charge on any atom is -0.350 e. The van der Waals surface area contributed by atoms with E-state index >= 15 is 0 Å². The Morgan fingerprint density at radius 1 is 1.12 bits per heavy atom. The van der Waals surface area contributed by atoms with Crippen LogP contribution >= 0.6 is 27.7 Å². The van der Waals surface area contributed by atoms with Crippen LogP contribution in [0.2, 0.25) is 0 Å². The van der Waals surface area contributed by atoms with E-state index in [2.05, 4.69) is 21.2 Å². The van der Waals surface area contributed by atoms with Crippen LogP contribution in [-0.4, -0.2) is 21.2 Å². The molecule has 0 fully saturated rings. The number of thioether (sulfide) groups is 1. The average molecular weight is 529 g/mol. The third kappa shape index (κ3) is 7.30. The summed E-state index contributed by atoms with van der Waals surface area (Å²) in [5, 5.41) is 3.77. The fourth-order valence-corrected chi connectivity index (χ4v) is 4.83. The Labute approximate surface area is 208 Å². The molecule has 1 aromatic heterocycles. The highest BCUT2D eigenvalue weighted by Gasteiger charge is 2.13. The summed E-state index contributed by atoms with van der Waals surface area (Å²) in [6, 6.07) is 18.0. The topological polar surface area (TPSA) is 64.0 Å². The van der Waals surface area contributed by atoms with E-state index in [4.69, 9.17) is 4.98 Å². The van der Waals surface area contributed by atoms with E-state index in [9.17, 15) is 9.59 Å². The molecule has 174 valence electrons. The molecule has 7 heteroatoms. The molecule has 0 spiro atoms. The third-order valence-electron chi connectivity index (χ3n) is 5.55. The molecule has 1 atom stereocenters. The van der Waals surface area contributed by atoms with Crippen LogP contribution < -0.4 is 10.9 Å². The lowest BCUT2D eigenvalue weighted by atomic mass is 10.1. The molecule has 5 nitrogen and oxygen atoms in total. The molecule has 1 heterocycles. The Morgan fingerprint density at radius 2 is 1.82 bits per heavy atom. The predicted molar refractivity (Wildman–Crippen MR) is 139 cm³/mol. The minimum absolute atomic E-state index is 0.00203. The van der Waals surface area contributed by atoms with Crippen LogP contribution in [0.25, 0.3) is 0 Å². The predicted octanol–water partition coefficient (Wildman–Crippen LogP) is 5.58. The summed E-state index contributed by atoms with van der Waals surface area (Å²) in [7, 11) is 1.78. The highest BCUT2D eigenvalue weighted by Crippen LogP contribution is 2.19. The Morgan fingerprint density at radius 3 is 2.52 bits per heavy atom. The summed E-state index contributed by atoms with van der Waals surface area (Å²) in [6.07, 6.45) is 2.75. The van der Waals surface area contributed by atoms with Gasteiger partial charge in [0.2, 0.25) is 5.91 Å². The Balaban J connectivity index is 1.48. The number of halogens is 1. The van der Waals surface area contributed by atoms with Crippen LogP contribution in [0.5, 0.6) is 0 Å². The van der Waals surface area contributed by atoms with Crippen molar-refractivity contribution in [2.45, 2.75) is 50.7 Å². The maximum Gasteiger partial charge on any atom is 0.257 e. The highest BCUT2D eigenvalue weighted by atomic mass is 79.9. The summed E-state index contributed by atoms with van der Waals surface area (Å²) in [6.45, 7) is 3.90. The molecule has 1 unspecified atom stereocenters. The van der Waals surface area contributed by atoms with E-state index in [-0.39, 0.29) is 17.5 Å². The first-order valence-electron chi connectivity index (χ1n) is 11.1. The number of nitrogens with zero attached hydrogens (tertiary/aromatic N) is 2. The maximum absolute atomic E-state index is 12.9. The standard InChI is InChI=1S/C26H30BrN3O2S/c1-18(21-9-5-4-6-10-21)28-24(31)11-7-8-16-33-26-29-19(2)23(25(32)30(26)3)17-20-12-14-22(27)15-13-20/h4-6,9-10,12-15,18H,7-8,11,16-17H2,1-3H3,(H,28,31). The fourth-order valence-electron chi connectivity index (χ4n) is 3.56. The quantitative estimate of drug-likeness (QED) is 0.212. The molecule has 0 aliphatic rings. The van der Waals surface area contributed by atoms with Gasteiger partial charge in [0.05, 0.1) is 6.04 Å². The molecule has 1 amide bonds. The Kier molecular flexibility index (Phi) is 9.32. The summed E-state index contributed by atoms with van der Waals surface area (Å²) in [4.78, 5) is 29.8. The van der Waals surface area contributed by atoms with Gasteiger partial charge in [0.15, 0.2) is 5.16 Å². The zero-order valence-electron chi connectivity index (χ0n) is 19.3. The number of nitrogens with one attached hydrogen (secondary N) is 1. The van der Waals surface area contributed by atoms with Gasteiger partial charge in [-0.2, -0.15) is 0 Å². The lowest BCUT2D eigenvalue weighted by molar-refractivity contribution is -0.121. The van der Waals surface area contributed by atoms with E-state index in [1.165, 1.54) is 0 Å². The second-order valence-corrected chi connectivity index (χ2v) is 10.1. The van der Waals surface area contributed by atoms with Crippen molar-refractivity contribution < 1.29 is 4.79 Å². The molecule has 0 bridgehead atoms. The number of hydrogen-bond acceptors (Lipinski definition) is 4. The second-order valence-electron chi connectivity index (χ2n) is 8.13. The van der Waals surface area contributed by atoms with Gasteiger partial charge >= 0.3 is 0 Å². The van der Waals surface area contributed by atoms with Crippen molar-refractivity contribution in [2.75, 3.05) is 5.75 Å². The van der Waals surface area contributed by atoms with Crippen molar-refractivity contribution in [3.63, 3.8) is 0 Å². The normalized spacial score (nSPS) is 11.9. The van der Waals surface area contributed by atoms with Crippen molar-refractivity contribution in [1.82, 2.24) is 14.9 Å². The number of aromatic nitrogens is 2. The van der Waals surface area contributed by atoms with Gasteiger partial charge in [-0.1, -0.05) is 70.2 Å². The molecule has 0 aliphatic carbocycles. The number of carbonyl (C=O) groups excluding carboxylic acids is 1. The summed E-state index contributed by atoms with van der Waals surface area (Å²) >= 11 is 5.01. The van der Waals surface area contributed by atoms with E-state index < -0.39 is 0 Å². The highest BCUT2D eigenvalue weighted by molar-refractivity contribution is 9.10. The molecule has 3 rings (SSSR count). The van der Waals surface area contributed by atoms with Crippen molar-refractivity contribution in [2.24, 2.45) is 7.05 Å². The summed E-state index contributed by atoms with van der Waals surface area (Å²) in [5.41, 5.74) is 3.70. The smallest absolute Gasteiger partial charge is 0.257 e. The molecular weight excluding hydrogens is 498 g/mol. The van der Waals surface area contributed by atoms with Gasteiger partial charge in [-0.25, -0.2) is 4.98 Å². The van der Waals surface area contributed by atoms with E-state index in [1.807, 2.05) is 68.4 Å². The van der Waals surface area contributed by atoms with E-state index in [1.54, 1.807) is 23.4 Å². The Bertz CT molecular complexity index is 1130. The van der Waals surface area contributed by atoms with Crippen molar-refractivity contribution >= 4 is 33.6 Å². The molecule has 0 saturated carbocycles. The third-order valence-corrected chi connectivity index (χ3v) is 7.20. The molecule has 0 saturated heterocycles. The first kappa shape index (κ1) is 25.2. The number of aryl methyl sites for hydroxylation is 1. The van der Waals surface area contributed by atoms with Gasteiger partial charge in [-0.05, 0) is 49.9 Å². The number of benzene rings is 2. The second kappa shape index (κ2) is 12.2. The average Bonchev–Trinajstić information content (AvgIpc) is 2.81. The van der Waals surface area contributed by atoms with E-state index in [0.29, 0.717) is 12.8 Å². The zero-order chi connectivity index (χ0) is 23.8. The number of amides is 1. The van der Waals surface area contributed by atoms with Gasteiger partial charge in [0, 0.05) is 41.4 Å². The van der Waals surface area contributed by atoms with Crippen LogP contribution in [0, 0.1) is 6.92 Å².